The van der Waals surface area contributed by atoms with Gasteiger partial charge in [-0.15, -0.1) is 0 Å². The fraction of sp³-hybridized carbons (Fsp3) is 0.464. The molecule has 2 unspecified atom stereocenters. The van der Waals surface area contributed by atoms with E-state index < -0.39 is 40.9 Å². The quantitative estimate of drug-likeness (QED) is 0.237. The number of halogens is 1. The van der Waals surface area contributed by atoms with Gasteiger partial charge in [-0.1, -0.05) is 63.2 Å². The number of rotatable bonds is 10. The molecule has 8 heteroatoms. The SMILES string of the molecule is CC(C)C(c1ccc(F)cc1)[C@@](C(=O)OOCc1ccccc1)(C(C)C=O)N(C)C(=O)OC(C)(C)C. The Morgan fingerprint density at radius 3 is 2.08 bits per heavy atom. The summed E-state index contributed by atoms with van der Waals surface area (Å²) in [5.41, 5.74) is -1.42. The van der Waals surface area contributed by atoms with Gasteiger partial charge in [0.2, 0.25) is 0 Å². The van der Waals surface area contributed by atoms with E-state index in [1.807, 2.05) is 32.0 Å². The van der Waals surface area contributed by atoms with E-state index in [2.05, 4.69) is 0 Å². The summed E-state index contributed by atoms with van der Waals surface area (Å²) >= 11 is 0. The minimum Gasteiger partial charge on any atom is -0.444 e. The van der Waals surface area contributed by atoms with Crippen LogP contribution in [-0.4, -0.2) is 41.4 Å². The van der Waals surface area contributed by atoms with Gasteiger partial charge in [0, 0.05) is 18.9 Å². The molecule has 0 saturated carbocycles. The molecule has 2 aromatic carbocycles. The molecule has 1 amide bonds. The number of likely N-dealkylation sites (N-methyl/N-ethyl adjacent to an activating group) is 1. The highest BCUT2D eigenvalue weighted by Gasteiger charge is 2.59. The summed E-state index contributed by atoms with van der Waals surface area (Å²) in [5.74, 6) is -3.49. The van der Waals surface area contributed by atoms with Crippen molar-refractivity contribution in [1.29, 1.82) is 0 Å². The van der Waals surface area contributed by atoms with Crippen LogP contribution in [0, 0.1) is 17.7 Å². The smallest absolute Gasteiger partial charge is 0.411 e. The molecule has 0 aromatic heterocycles. The Bertz CT molecular complexity index is 1020. The van der Waals surface area contributed by atoms with Crippen LogP contribution in [0.1, 0.15) is 58.6 Å². The second kappa shape index (κ2) is 12.1. The van der Waals surface area contributed by atoms with E-state index >= 15 is 0 Å². The van der Waals surface area contributed by atoms with Gasteiger partial charge >= 0.3 is 12.1 Å². The van der Waals surface area contributed by atoms with Gasteiger partial charge in [0.05, 0.1) is 0 Å². The van der Waals surface area contributed by atoms with Crippen molar-refractivity contribution >= 4 is 18.3 Å². The Morgan fingerprint density at radius 1 is 1.00 bits per heavy atom. The van der Waals surface area contributed by atoms with Gasteiger partial charge in [-0.3, -0.25) is 9.79 Å². The highest BCUT2D eigenvalue weighted by molar-refractivity contribution is 5.90. The molecule has 0 bridgehead atoms. The molecule has 0 heterocycles. The summed E-state index contributed by atoms with van der Waals surface area (Å²) in [4.78, 5) is 51.2. The Morgan fingerprint density at radius 2 is 1.58 bits per heavy atom. The summed E-state index contributed by atoms with van der Waals surface area (Å²) in [5, 5.41) is 0. The van der Waals surface area contributed by atoms with Crippen LogP contribution in [0.15, 0.2) is 54.6 Å². The van der Waals surface area contributed by atoms with Crippen LogP contribution in [0.3, 0.4) is 0 Å². The number of benzene rings is 2. The first-order valence-electron chi connectivity index (χ1n) is 11.9. The normalized spacial score (nSPS) is 14.9. The summed E-state index contributed by atoms with van der Waals surface area (Å²) in [6.45, 7) is 10.3. The lowest BCUT2D eigenvalue weighted by Gasteiger charge is -2.48. The van der Waals surface area contributed by atoms with E-state index in [9.17, 15) is 18.8 Å². The van der Waals surface area contributed by atoms with Gasteiger partial charge < -0.3 is 9.53 Å². The largest absolute Gasteiger partial charge is 0.444 e. The Labute approximate surface area is 212 Å². The molecule has 0 aliphatic heterocycles. The molecular weight excluding hydrogens is 465 g/mol. The Kier molecular flexibility index (Phi) is 9.76. The molecule has 7 nitrogen and oxygen atoms in total. The number of hydrogen-bond donors (Lipinski definition) is 0. The molecule has 0 saturated heterocycles. The van der Waals surface area contributed by atoms with Crippen molar-refractivity contribution < 1.29 is 33.3 Å². The molecular formula is C28H36FNO6. The van der Waals surface area contributed by atoms with Gasteiger partial charge in [-0.05, 0) is 49.9 Å². The van der Waals surface area contributed by atoms with E-state index in [1.165, 1.54) is 38.2 Å². The van der Waals surface area contributed by atoms with Crippen LogP contribution >= 0.6 is 0 Å². The maximum Gasteiger partial charge on any atom is 0.411 e. The minimum absolute atomic E-state index is 0.0306. The van der Waals surface area contributed by atoms with Gasteiger partial charge in [0.1, 0.15) is 24.3 Å². The zero-order chi connectivity index (χ0) is 27.1. The van der Waals surface area contributed by atoms with Crippen LogP contribution in [0.2, 0.25) is 0 Å². The number of ether oxygens (including phenoxy) is 1. The van der Waals surface area contributed by atoms with E-state index in [1.54, 1.807) is 32.9 Å². The molecule has 0 aliphatic carbocycles. The lowest BCUT2D eigenvalue weighted by molar-refractivity contribution is -0.290. The van der Waals surface area contributed by atoms with Crippen molar-refractivity contribution in [1.82, 2.24) is 4.90 Å². The first kappa shape index (κ1) is 29.0. The van der Waals surface area contributed by atoms with E-state index in [0.717, 1.165) is 10.5 Å². The minimum atomic E-state index is -1.87. The molecule has 2 aromatic rings. The summed E-state index contributed by atoms with van der Waals surface area (Å²) in [6.07, 6.45) is -0.220. The number of carbonyl (C=O) groups excluding carboxylic acids is 3. The summed E-state index contributed by atoms with van der Waals surface area (Å²) in [6, 6.07) is 14.7. The van der Waals surface area contributed by atoms with E-state index in [4.69, 9.17) is 14.5 Å². The molecule has 2 rings (SSSR count). The summed E-state index contributed by atoms with van der Waals surface area (Å²) < 4.78 is 19.4. The highest BCUT2D eigenvalue weighted by Crippen LogP contribution is 2.44. The molecule has 3 atom stereocenters. The molecule has 196 valence electrons. The number of aldehydes is 1. The lowest BCUT2D eigenvalue weighted by Crippen LogP contribution is -2.65. The number of nitrogens with zero attached hydrogens (tertiary/aromatic N) is 1. The van der Waals surface area contributed by atoms with E-state index in [0.29, 0.717) is 11.8 Å². The monoisotopic (exact) mass is 501 g/mol. The lowest BCUT2D eigenvalue weighted by atomic mass is 9.66. The third kappa shape index (κ3) is 6.69. The first-order valence-corrected chi connectivity index (χ1v) is 11.9. The highest BCUT2D eigenvalue weighted by atomic mass is 19.1. The number of hydrogen-bond acceptors (Lipinski definition) is 6. The van der Waals surface area contributed by atoms with Gasteiger partial charge in [-0.25, -0.2) is 14.0 Å². The maximum absolute atomic E-state index is 13.9. The molecule has 0 aliphatic rings. The third-order valence-electron chi connectivity index (χ3n) is 6.02. The predicted octanol–water partition coefficient (Wildman–Crippen LogP) is 5.68. The van der Waals surface area contributed by atoms with E-state index in [-0.39, 0.29) is 12.5 Å². The van der Waals surface area contributed by atoms with Crippen LogP contribution in [-0.2, 0) is 30.7 Å². The average Bonchev–Trinajstić information content (AvgIpc) is 2.81. The van der Waals surface area contributed by atoms with Gasteiger partial charge in [0.15, 0.2) is 5.54 Å². The first-order chi connectivity index (χ1) is 16.8. The van der Waals surface area contributed by atoms with Crippen molar-refractivity contribution in [2.24, 2.45) is 11.8 Å². The maximum atomic E-state index is 13.9. The fourth-order valence-electron chi connectivity index (χ4n) is 4.44. The van der Waals surface area contributed by atoms with Crippen molar-refractivity contribution in [3.8, 4) is 0 Å². The second-order valence-corrected chi connectivity index (χ2v) is 10.2. The van der Waals surface area contributed by atoms with Crippen LogP contribution in [0.5, 0.6) is 0 Å². The zero-order valence-electron chi connectivity index (χ0n) is 22.0. The second-order valence-electron chi connectivity index (χ2n) is 10.2. The molecule has 0 N–H and O–H groups in total. The Hall–Kier alpha value is -3.26. The van der Waals surface area contributed by atoms with Crippen LogP contribution in [0.4, 0.5) is 9.18 Å². The zero-order valence-corrected chi connectivity index (χ0v) is 22.0. The van der Waals surface area contributed by atoms with Gasteiger partial charge in [0.25, 0.3) is 0 Å². The van der Waals surface area contributed by atoms with Gasteiger partial charge in [-0.2, -0.15) is 4.89 Å². The number of amides is 1. The van der Waals surface area contributed by atoms with Crippen molar-refractivity contribution in [3.05, 3.63) is 71.5 Å². The molecule has 0 fully saturated rings. The topological polar surface area (TPSA) is 82.1 Å². The van der Waals surface area contributed by atoms with Crippen LogP contribution in [0.25, 0.3) is 0 Å². The molecule has 0 spiro atoms. The number of carbonyl (C=O) groups is 3. The van der Waals surface area contributed by atoms with Crippen molar-refractivity contribution in [3.63, 3.8) is 0 Å². The van der Waals surface area contributed by atoms with Crippen molar-refractivity contribution in [2.75, 3.05) is 7.05 Å². The Balaban J connectivity index is 2.63. The average molecular weight is 502 g/mol. The fourth-order valence-corrected chi connectivity index (χ4v) is 4.44. The van der Waals surface area contributed by atoms with Crippen LogP contribution < -0.4 is 0 Å². The molecule has 0 radical (unpaired) electrons. The predicted molar refractivity (Wildman–Crippen MR) is 133 cm³/mol. The standard InChI is InChI=1S/C28H36FNO6/c1-19(2)24(22-13-15-23(29)16-14-22)28(20(3)17-31,30(7)26(33)35-27(4,5)6)25(32)36-34-18-21-11-9-8-10-12-21/h8-17,19-20,24H,18H2,1-7H3/t20?,24?,28-/m1/s1. The summed E-state index contributed by atoms with van der Waals surface area (Å²) in [7, 11) is 1.39. The third-order valence-corrected chi connectivity index (χ3v) is 6.02. The van der Waals surface area contributed by atoms with Crippen molar-refractivity contribution in [2.45, 2.75) is 65.2 Å². The molecule has 36 heavy (non-hydrogen) atoms.